The van der Waals surface area contributed by atoms with Crippen molar-refractivity contribution in [3.63, 3.8) is 0 Å². The highest BCUT2D eigenvalue weighted by Crippen LogP contribution is 2.28. The monoisotopic (exact) mass is 227 g/mol. The van der Waals surface area contributed by atoms with E-state index in [2.05, 4.69) is 9.69 Å². The molecule has 1 aliphatic carbocycles. The molecule has 1 aromatic rings. The average Bonchev–Trinajstić information content (AvgIpc) is 2.67. The van der Waals surface area contributed by atoms with Crippen LogP contribution >= 0.6 is 11.5 Å². The standard InChI is InChI=1S/C9H13N3O2S/c13-12(14)8-6-15-11-9(8)10-7-4-2-1-3-5-7/h6-7H,1-5H2,(H,10,11). The summed E-state index contributed by atoms with van der Waals surface area (Å²) >= 11 is 1.13. The topological polar surface area (TPSA) is 68.1 Å². The Morgan fingerprint density at radius 1 is 1.47 bits per heavy atom. The molecule has 0 saturated heterocycles. The van der Waals surface area contributed by atoms with Gasteiger partial charge in [-0.3, -0.25) is 10.1 Å². The summed E-state index contributed by atoms with van der Waals surface area (Å²) in [5, 5.41) is 15.3. The zero-order valence-electron chi connectivity index (χ0n) is 8.31. The van der Waals surface area contributed by atoms with Gasteiger partial charge in [-0.15, -0.1) is 0 Å². The zero-order chi connectivity index (χ0) is 10.7. The lowest BCUT2D eigenvalue weighted by molar-refractivity contribution is -0.383. The maximum Gasteiger partial charge on any atom is 0.323 e. The summed E-state index contributed by atoms with van der Waals surface area (Å²) in [6.07, 6.45) is 5.87. The Kier molecular flexibility index (Phi) is 3.15. The van der Waals surface area contributed by atoms with Crippen molar-refractivity contribution in [2.45, 2.75) is 38.1 Å². The number of nitrogens with one attached hydrogen (secondary N) is 1. The van der Waals surface area contributed by atoms with Crippen molar-refractivity contribution in [3.05, 3.63) is 15.5 Å². The first-order chi connectivity index (χ1) is 7.27. The first-order valence-electron chi connectivity index (χ1n) is 5.12. The molecule has 1 aromatic heterocycles. The van der Waals surface area contributed by atoms with Crippen molar-refractivity contribution in [2.75, 3.05) is 5.32 Å². The predicted octanol–water partition coefficient (Wildman–Crippen LogP) is 2.80. The van der Waals surface area contributed by atoms with E-state index in [1.54, 1.807) is 0 Å². The lowest BCUT2D eigenvalue weighted by Crippen LogP contribution is -2.22. The van der Waals surface area contributed by atoms with E-state index in [9.17, 15) is 10.1 Å². The molecule has 0 radical (unpaired) electrons. The number of nitrogens with zero attached hydrogens (tertiary/aromatic N) is 2. The van der Waals surface area contributed by atoms with Gasteiger partial charge in [0.2, 0.25) is 5.82 Å². The molecule has 1 saturated carbocycles. The molecule has 2 rings (SSSR count). The van der Waals surface area contributed by atoms with E-state index >= 15 is 0 Å². The minimum absolute atomic E-state index is 0.102. The molecule has 1 aliphatic rings. The van der Waals surface area contributed by atoms with Gasteiger partial charge in [0.05, 0.1) is 10.3 Å². The van der Waals surface area contributed by atoms with E-state index in [0.717, 1.165) is 24.4 Å². The molecule has 0 aliphatic heterocycles. The van der Waals surface area contributed by atoms with Gasteiger partial charge in [0.1, 0.15) is 0 Å². The van der Waals surface area contributed by atoms with Crippen LogP contribution in [0.4, 0.5) is 11.5 Å². The third-order valence-corrected chi connectivity index (χ3v) is 3.31. The van der Waals surface area contributed by atoms with Crippen LogP contribution in [0.3, 0.4) is 0 Å². The second-order valence-corrected chi connectivity index (χ2v) is 4.41. The highest BCUT2D eigenvalue weighted by molar-refractivity contribution is 7.04. The van der Waals surface area contributed by atoms with Crippen molar-refractivity contribution < 1.29 is 4.92 Å². The summed E-state index contributed by atoms with van der Waals surface area (Å²) in [4.78, 5) is 10.3. The Morgan fingerprint density at radius 3 is 2.87 bits per heavy atom. The molecule has 0 bridgehead atoms. The van der Waals surface area contributed by atoms with Crippen molar-refractivity contribution in [1.29, 1.82) is 0 Å². The molecule has 0 atom stereocenters. The van der Waals surface area contributed by atoms with Gasteiger partial charge in [-0.1, -0.05) is 19.3 Å². The van der Waals surface area contributed by atoms with Gasteiger partial charge < -0.3 is 5.32 Å². The van der Waals surface area contributed by atoms with E-state index < -0.39 is 0 Å². The molecule has 0 amide bonds. The fourth-order valence-electron chi connectivity index (χ4n) is 1.90. The molecule has 82 valence electrons. The minimum atomic E-state index is -0.380. The Labute approximate surface area is 91.8 Å². The van der Waals surface area contributed by atoms with Crippen LogP contribution in [0, 0.1) is 10.1 Å². The summed E-state index contributed by atoms with van der Waals surface area (Å²) in [6, 6.07) is 0.361. The molecule has 0 aromatic carbocycles. The maximum atomic E-state index is 10.7. The van der Waals surface area contributed by atoms with E-state index in [-0.39, 0.29) is 10.6 Å². The summed E-state index contributed by atoms with van der Waals surface area (Å²) in [5.41, 5.74) is 0.102. The Balaban J connectivity index is 2.03. The highest BCUT2D eigenvalue weighted by Gasteiger charge is 2.21. The number of hydrogen-bond acceptors (Lipinski definition) is 5. The van der Waals surface area contributed by atoms with Crippen LogP contribution in [0.1, 0.15) is 32.1 Å². The lowest BCUT2D eigenvalue weighted by atomic mass is 9.95. The fourth-order valence-corrected chi connectivity index (χ4v) is 2.50. The van der Waals surface area contributed by atoms with Crippen LogP contribution in [0.25, 0.3) is 0 Å². The van der Waals surface area contributed by atoms with Gasteiger partial charge in [0, 0.05) is 6.04 Å². The first-order valence-corrected chi connectivity index (χ1v) is 5.96. The van der Waals surface area contributed by atoms with Crippen molar-refractivity contribution in [2.24, 2.45) is 0 Å². The van der Waals surface area contributed by atoms with Crippen molar-refractivity contribution in [3.8, 4) is 0 Å². The van der Waals surface area contributed by atoms with Crippen LogP contribution in [0.2, 0.25) is 0 Å². The molecule has 1 fully saturated rings. The molecule has 6 heteroatoms. The molecule has 5 nitrogen and oxygen atoms in total. The van der Waals surface area contributed by atoms with Crippen LogP contribution in [0.5, 0.6) is 0 Å². The normalized spacial score (nSPS) is 17.6. The SMILES string of the molecule is O=[N+]([O-])c1csnc1NC1CCCCC1. The quantitative estimate of drug-likeness (QED) is 0.636. The third-order valence-electron chi connectivity index (χ3n) is 2.69. The van der Waals surface area contributed by atoms with Gasteiger partial charge in [0.15, 0.2) is 0 Å². The van der Waals surface area contributed by atoms with Crippen molar-refractivity contribution >= 4 is 23.0 Å². The van der Waals surface area contributed by atoms with Gasteiger partial charge in [-0.05, 0) is 24.4 Å². The number of hydrogen-bond donors (Lipinski definition) is 1. The summed E-state index contributed by atoms with van der Waals surface area (Å²) < 4.78 is 4.02. The number of anilines is 1. The van der Waals surface area contributed by atoms with E-state index in [1.165, 1.54) is 24.6 Å². The maximum absolute atomic E-state index is 10.7. The first kappa shape index (κ1) is 10.4. The summed E-state index contributed by atoms with van der Waals surface area (Å²) in [5.74, 6) is 0.442. The minimum Gasteiger partial charge on any atom is -0.361 e. The van der Waals surface area contributed by atoms with Gasteiger partial charge >= 0.3 is 5.69 Å². The molecule has 1 heterocycles. The smallest absolute Gasteiger partial charge is 0.323 e. The zero-order valence-corrected chi connectivity index (χ0v) is 9.13. The number of nitro groups is 1. The predicted molar refractivity (Wildman–Crippen MR) is 59.3 cm³/mol. The molecule has 0 unspecified atom stereocenters. The summed E-state index contributed by atoms with van der Waals surface area (Å²) in [7, 11) is 0. The Hall–Kier alpha value is -1.17. The fraction of sp³-hybridized carbons (Fsp3) is 0.667. The Bertz CT molecular complexity index is 347. The molecular weight excluding hydrogens is 214 g/mol. The van der Waals surface area contributed by atoms with Crippen molar-refractivity contribution in [1.82, 2.24) is 4.37 Å². The van der Waals surface area contributed by atoms with Crippen LogP contribution in [-0.2, 0) is 0 Å². The van der Waals surface area contributed by atoms with Gasteiger partial charge in [-0.2, -0.15) is 4.37 Å². The molecule has 15 heavy (non-hydrogen) atoms. The van der Waals surface area contributed by atoms with E-state index in [4.69, 9.17) is 0 Å². The number of rotatable bonds is 3. The Morgan fingerprint density at radius 2 is 2.20 bits per heavy atom. The molecule has 0 spiro atoms. The average molecular weight is 227 g/mol. The second kappa shape index (κ2) is 4.57. The highest BCUT2D eigenvalue weighted by atomic mass is 32.1. The summed E-state index contributed by atoms with van der Waals surface area (Å²) in [6.45, 7) is 0. The third kappa shape index (κ3) is 2.44. The van der Waals surface area contributed by atoms with E-state index in [1.807, 2.05) is 0 Å². The molecular formula is C9H13N3O2S. The molecule has 1 N–H and O–H groups in total. The van der Waals surface area contributed by atoms with Gasteiger partial charge in [-0.25, -0.2) is 0 Å². The second-order valence-electron chi connectivity index (χ2n) is 3.78. The van der Waals surface area contributed by atoms with E-state index in [0.29, 0.717) is 11.9 Å². The van der Waals surface area contributed by atoms with Crippen LogP contribution in [-0.4, -0.2) is 15.3 Å². The number of aromatic nitrogens is 1. The van der Waals surface area contributed by atoms with Crippen LogP contribution < -0.4 is 5.32 Å². The largest absolute Gasteiger partial charge is 0.361 e. The van der Waals surface area contributed by atoms with Crippen LogP contribution in [0.15, 0.2) is 5.38 Å². The van der Waals surface area contributed by atoms with Gasteiger partial charge in [0.25, 0.3) is 0 Å². The lowest BCUT2D eigenvalue weighted by Gasteiger charge is -2.22.